The third kappa shape index (κ3) is 5.44. The molecule has 1 saturated heterocycles. The van der Waals surface area contributed by atoms with E-state index in [1.807, 2.05) is 37.3 Å². The second-order valence-corrected chi connectivity index (χ2v) is 10.0. The number of amides is 4. The Morgan fingerprint density at radius 2 is 1.63 bits per heavy atom. The smallest absolute Gasteiger partial charge is 0.336 e. The summed E-state index contributed by atoms with van der Waals surface area (Å²) in [4.78, 5) is 40.2. The average molecular weight is 591 g/mol. The van der Waals surface area contributed by atoms with Crippen LogP contribution >= 0.6 is 23.2 Å². The Hall–Kier alpha value is -4.53. The van der Waals surface area contributed by atoms with E-state index >= 15 is 0 Å². The number of rotatable bonds is 7. The van der Waals surface area contributed by atoms with Gasteiger partial charge < -0.3 is 14.2 Å². The summed E-state index contributed by atoms with van der Waals surface area (Å²) in [5.74, 6) is -1.02. The fourth-order valence-electron chi connectivity index (χ4n) is 4.60. The summed E-state index contributed by atoms with van der Waals surface area (Å²) in [5.41, 5.74) is 2.17. The number of methoxy groups -OCH3 is 2. The number of benzene rings is 4. The molecule has 1 heterocycles. The Morgan fingerprint density at radius 1 is 0.878 bits per heavy atom. The standard InChI is InChI=1S/C31H24Cl2N2O6/c1-17-8-9-18-6-4-5-7-21(18)23(17)16-41-26-11-10-20(32)12-19(26)13-22-29(36)34-31(38)35(30(22)37)25-15-27(39-2)24(33)14-28(25)40-3/h4-15H,16H2,1-3H3,(H,34,36,38)/b22-13+. The number of barbiturate groups is 1. The lowest BCUT2D eigenvalue weighted by Crippen LogP contribution is -2.54. The molecule has 0 radical (unpaired) electrons. The first kappa shape index (κ1) is 28.0. The molecule has 0 unspecified atom stereocenters. The fraction of sp³-hybridized carbons (Fsp3) is 0.129. The van der Waals surface area contributed by atoms with Crippen LogP contribution in [-0.2, 0) is 16.2 Å². The summed E-state index contributed by atoms with van der Waals surface area (Å²) < 4.78 is 16.8. The molecule has 0 spiro atoms. The summed E-state index contributed by atoms with van der Waals surface area (Å²) in [6.45, 7) is 2.24. The largest absolute Gasteiger partial charge is 0.495 e. The lowest BCUT2D eigenvalue weighted by atomic mass is 10.0. The normalized spacial score (nSPS) is 14.4. The molecule has 1 N–H and O–H groups in total. The summed E-state index contributed by atoms with van der Waals surface area (Å²) >= 11 is 12.5. The maximum atomic E-state index is 13.6. The molecule has 4 aromatic carbocycles. The van der Waals surface area contributed by atoms with Crippen LogP contribution in [0.3, 0.4) is 0 Å². The molecule has 1 aliphatic heterocycles. The van der Waals surface area contributed by atoms with Crippen molar-refractivity contribution in [2.45, 2.75) is 13.5 Å². The number of urea groups is 1. The molecule has 0 aliphatic carbocycles. The van der Waals surface area contributed by atoms with Crippen LogP contribution in [0, 0.1) is 6.92 Å². The minimum atomic E-state index is -0.950. The van der Waals surface area contributed by atoms with Crippen LogP contribution in [0.2, 0.25) is 10.0 Å². The van der Waals surface area contributed by atoms with Gasteiger partial charge in [0.1, 0.15) is 29.4 Å². The van der Waals surface area contributed by atoms with Gasteiger partial charge in [-0.2, -0.15) is 0 Å². The fourth-order valence-corrected chi connectivity index (χ4v) is 5.01. The van der Waals surface area contributed by atoms with Crippen molar-refractivity contribution < 1.29 is 28.6 Å². The molecule has 41 heavy (non-hydrogen) atoms. The quantitative estimate of drug-likeness (QED) is 0.190. The highest BCUT2D eigenvalue weighted by atomic mass is 35.5. The molecule has 0 atom stereocenters. The number of carbonyl (C=O) groups excluding carboxylic acids is 3. The highest BCUT2D eigenvalue weighted by Crippen LogP contribution is 2.39. The maximum Gasteiger partial charge on any atom is 0.336 e. The van der Waals surface area contributed by atoms with Crippen LogP contribution in [0.15, 0.2) is 72.3 Å². The van der Waals surface area contributed by atoms with Crippen molar-refractivity contribution in [2.75, 3.05) is 19.1 Å². The van der Waals surface area contributed by atoms with E-state index in [0.29, 0.717) is 16.3 Å². The van der Waals surface area contributed by atoms with E-state index in [2.05, 4.69) is 11.4 Å². The molecule has 10 heteroatoms. The van der Waals surface area contributed by atoms with E-state index in [1.165, 1.54) is 32.4 Å². The predicted octanol–water partition coefficient (Wildman–Crippen LogP) is 6.72. The minimum Gasteiger partial charge on any atom is -0.495 e. The van der Waals surface area contributed by atoms with Gasteiger partial charge in [-0.3, -0.25) is 14.9 Å². The zero-order valence-corrected chi connectivity index (χ0v) is 23.8. The van der Waals surface area contributed by atoms with Gasteiger partial charge in [-0.25, -0.2) is 9.69 Å². The lowest BCUT2D eigenvalue weighted by molar-refractivity contribution is -0.122. The lowest BCUT2D eigenvalue weighted by Gasteiger charge is -2.28. The number of fused-ring (bicyclic) bond motifs is 1. The number of hydrogen-bond donors (Lipinski definition) is 1. The first-order valence-electron chi connectivity index (χ1n) is 12.4. The zero-order chi connectivity index (χ0) is 29.3. The number of nitrogens with zero attached hydrogens (tertiary/aromatic N) is 1. The average Bonchev–Trinajstić information content (AvgIpc) is 2.95. The molecule has 0 saturated carbocycles. The van der Waals surface area contributed by atoms with Crippen LogP contribution < -0.4 is 24.4 Å². The van der Waals surface area contributed by atoms with Gasteiger partial charge in [-0.05, 0) is 47.5 Å². The SMILES string of the molecule is COc1cc(N2C(=O)NC(=O)/C(=C\c3cc(Cl)ccc3OCc3c(C)ccc4ccccc34)C2=O)c(OC)cc1Cl. The minimum absolute atomic E-state index is 0.0450. The van der Waals surface area contributed by atoms with E-state index in [4.69, 9.17) is 37.4 Å². The van der Waals surface area contributed by atoms with E-state index in [1.54, 1.807) is 18.2 Å². The van der Waals surface area contributed by atoms with Gasteiger partial charge in [0.2, 0.25) is 0 Å². The van der Waals surface area contributed by atoms with Crippen molar-refractivity contribution in [1.82, 2.24) is 5.32 Å². The molecule has 8 nitrogen and oxygen atoms in total. The number of imide groups is 2. The van der Waals surface area contributed by atoms with Gasteiger partial charge in [-0.1, -0.05) is 59.6 Å². The van der Waals surface area contributed by atoms with Gasteiger partial charge >= 0.3 is 6.03 Å². The van der Waals surface area contributed by atoms with Gasteiger partial charge in [0, 0.05) is 28.3 Å². The van der Waals surface area contributed by atoms with Crippen molar-refractivity contribution in [3.05, 3.63) is 99.0 Å². The monoisotopic (exact) mass is 590 g/mol. The molecule has 208 valence electrons. The Balaban J connectivity index is 1.53. The number of halogens is 2. The van der Waals surface area contributed by atoms with Crippen molar-refractivity contribution in [2.24, 2.45) is 0 Å². The van der Waals surface area contributed by atoms with E-state index in [-0.39, 0.29) is 34.4 Å². The van der Waals surface area contributed by atoms with Crippen molar-refractivity contribution >= 4 is 63.6 Å². The third-order valence-electron chi connectivity index (χ3n) is 6.71. The highest BCUT2D eigenvalue weighted by Gasteiger charge is 2.39. The second kappa shape index (κ2) is 11.5. The molecule has 1 aliphatic rings. The van der Waals surface area contributed by atoms with Crippen molar-refractivity contribution in [3.63, 3.8) is 0 Å². The number of anilines is 1. The summed E-state index contributed by atoms with van der Waals surface area (Å²) in [5, 5.41) is 4.93. The Bertz CT molecular complexity index is 1750. The van der Waals surface area contributed by atoms with Crippen LogP contribution in [-0.4, -0.2) is 32.1 Å². The molecular weight excluding hydrogens is 567 g/mol. The Kier molecular flexibility index (Phi) is 7.88. The van der Waals surface area contributed by atoms with Crippen molar-refractivity contribution in [1.29, 1.82) is 0 Å². The number of carbonyl (C=O) groups is 3. The molecular formula is C31H24Cl2N2O6. The van der Waals surface area contributed by atoms with Crippen molar-refractivity contribution in [3.8, 4) is 17.2 Å². The molecule has 5 rings (SSSR count). The number of nitrogens with one attached hydrogen (secondary N) is 1. The van der Waals surface area contributed by atoms with Gasteiger partial charge in [-0.15, -0.1) is 0 Å². The third-order valence-corrected chi connectivity index (χ3v) is 7.24. The Morgan fingerprint density at radius 3 is 2.39 bits per heavy atom. The zero-order valence-electron chi connectivity index (χ0n) is 22.3. The number of hydrogen-bond acceptors (Lipinski definition) is 6. The first-order chi connectivity index (χ1) is 19.7. The number of aryl methyl sites for hydroxylation is 1. The number of ether oxygens (including phenoxy) is 3. The van der Waals surface area contributed by atoms with Crippen LogP contribution in [0.1, 0.15) is 16.7 Å². The topological polar surface area (TPSA) is 94.2 Å². The van der Waals surface area contributed by atoms with E-state index in [0.717, 1.165) is 26.8 Å². The van der Waals surface area contributed by atoms with E-state index in [9.17, 15) is 14.4 Å². The summed E-state index contributed by atoms with van der Waals surface area (Å²) in [7, 11) is 2.76. The predicted molar refractivity (Wildman–Crippen MR) is 158 cm³/mol. The summed E-state index contributed by atoms with van der Waals surface area (Å²) in [6, 6.07) is 18.8. The van der Waals surface area contributed by atoms with Crippen LogP contribution in [0.4, 0.5) is 10.5 Å². The molecule has 0 bridgehead atoms. The van der Waals surface area contributed by atoms with Gasteiger partial charge in [0.05, 0.1) is 24.9 Å². The first-order valence-corrected chi connectivity index (χ1v) is 13.2. The second-order valence-electron chi connectivity index (χ2n) is 9.17. The Labute approximate surface area is 246 Å². The van der Waals surface area contributed by atoms with E-state index < -0.39 is 17.8 Å². The molecule has 0 aromatic heterocycles. The summed E-state index contributed by atoms with van der Waals surface area (Å²) in [6.07, 6.45) is 1.34. The molecule has 4 aromatic rings. The maximum absolute atomic E-state index is 13.6. The van der Waals surface area contributed by atoms with Crippen LogP contribution in [0.5, 0.6) is 17.2 Å². The van der Waals surface area contributed by atoms with Crippen LogP contribution in [0.25, 0.3) is 16.8 Å². The van der Waals surface area contributed by atoms with Gasteiger partial charge in [0.25, 0.3) is 11.8 Å². The highest BCUT2D eigenvalue weighted by molar-refractivity contribution is 6.40. The van der Waals surface area contributed by atoms with Gasteiger partial charge in [0.15, 0.2) is 0 Å². The molecule has 1 fully saturated rings. The molecule has 4 amide bonds.